The highest BCUT2D eigenvalue weighted by atomic mass is 16.3. The van der Waals surface area contributed by atoms with Gasteiger partial charge in [0.1, 0.15) is 0 Å². The molecule has 3 atom stereocenters. The van der Waals surface area contributed by atoms with Gasteiger partial charge in [0.25, 0.3) is 0 Å². The van der Waals surface area contributed by atoms with Gasteiger partial charge in [-0.3, -0.25) is 0 Å². The smallest absolute Gasteiger partial charge is 0.0587 e. The van der Waals surface area contributed by atoms with Crippen molar-refractivity contribution in [3.05, 3.63) is 35.9 Å². The summed E-state index contributed by atoms with van der Waals surface area (Å²) in [7, 11) is 0. The van der Waals surface area contributed by atoms with E-state index in [4.69, 9.17) is 0 Å². The maximum Gasteiger partial charge on any atom is 0.0587 e. The predicted octanol–water partition coefficient (Wildman–Crippen LogP) is 2.37. The third-order valence-electron chi connectivity index (χ3n) is 3.86. The largest absolute Gasteiger partial charge is 0.395 e. The topological polar surface area (TPSA) is 32.3 Å². The Kier molecular flexibility index (Phi) is 4.57. The fourth-order valence-electron chi connectivity index (χ4n) is 2.77. The molecule has 94 valence electrons. The molecule has 0 heterocycles. The predicted molar refractivity (Wildman–Crippen MR) is 71.0 cm³/mol. The van der Waals surface area contributed by atoms with Gasteiger partial charge in [0.15, 0.2) is 0 Å². The summed E-state index contributed by atoms with van der Waals surface area (Å²) in [5.74, 6) is 0.750. The Morgan fingerprint density at radius 1 is 1.29 bits per heavy atom. The maximum absolute atomic E-state index is 9.47. The van der Waals surface area contributed by atoms with E-state index in [0.717, 1.165) is 12.3 Å². The number of aliphatic hydroxyl groups excluding tert-OH is 1. The highest BCUT2D eigenvalue weighted by Gasteiger charge is 2.25. The lowest BCUT2D eigenvalue weighted by molar-refractivity contribution is 0.222. The fraction of sp³-hybridized carbons (Fsp3) is 0.600. The lowest BCUT2D eigenvalue weighted by Gasteiger charge is -2.24. The quantitative estimate of drug-likeness (QED) is 0.818. The van der Waals surface area contributed by atoms with Crippen molar-refractivity contribution < 1.29 is 5.11 Å². The molecule has 2 rings (SSSR count). The standard InChI is InChI=1S/C15H23NO/c1-12-6-5-9-15(12)16-14(11-17)10-13-7-3-2-4-8-13/h2-4,7-8,12,14-17H,5-6,9-11H2,1H3/t12?,14-,15?/m0/s1. The van der Waals surface area contributed by atoms with E-state index in [1.807, 2.05) is 6.07 Å². The van der Waals surface area contributed by atoms with Crippen LogP contribution in [0.3, 0.4) is 0 Å². The van der Waals surface area contributed by atoms with Gasteiger partial charge >= 0.3 is 0 Å². The van der Waals surface area contributed by atoms with Crippen LogP contribution in [0.15, 0.2) is 30.3 Å². The second-order valence-electron chi connectivity index (χ2n) is 5.25. The summed E-state index contributed by atoms with van der Waals surface area (Å²) in [5, 5.41) is 13.1. The Bertz CT molecular complexity index is 325. The van der Waals surface area contributed by atoms with Crippen LogP contribution in [0.2, 0.25) is 0 Å². The van der Waals surface area contributed by atoms with Gasteiger partial charge in [0.2, 0.25) is 0 Å². The SMILES string of the molecule is CC1CCCC1N[C@H](CO)Cc1ccccc1. The summed E-state index contributed by atoms with van der Waals surface area (Å²) in [5.41, 5.74) is 1.30. The van der Waals surface area contributed by atoms with Crippen LogP contribution in [0, 0.1) is 5.92 Å². The van der Waals surface area contributed by atoms with E-state index in [9.17, 15) is 5.11 Å². The first-order valence-corrected chi connectivity index (χ1v) is 6.70. The second kappa shape index (κ2) is 6.18. The van der Waals surface area contributed by atoms with Crippen molar-refractivity contribution in [3.8, 4) is 0 Å². The first-order valence-electron chi connectivity index (χ1n) is 6.70. The average molecular weight is 233 g/mol. The Morgan fingerprint density at radius 2 is 2.06 bits per heavy atom. The first kappa shape index (κ1) is 12.6. The van der Waals surface area contributed by atoms with Gasteiger partial charge in [-0.15, -0.1) is 0 Å². The number of rotatable bonds is 5. The first-order chi connectivity index (χ1) is 8.29. The van der Waals surface area contributed by atoms with E-state index in [-0.39, 0.29) is 12.6 Å². The summed E-state index contributed by atoms with van der Waals surface area (Å²) in [6.07, 6.45) is 4.82. The second-order valence-corrected chi connectivity index (χ2v) is 5.25. The summed E-state index contributed by atoms with van der Waals surface area (Å²) >= 11 is 0. The molecular formula is C15H23NO. The lowest BCUT2D eigenvalue weighted by atomic mass is 10.0. The monoisotopic (exact) mass is 233 g/mol. The Hall–Kier alpha value is -0.860. The third kappa shape index (κ3) is 3.55. The molecule has 0 radical (unpaired) electrons. The lowest BCUT2D eigenvalue weighted by Crippen LogP contribution is -2.43. The van der Waals surface area contributed by atoms with E-state index in [0.29, 0.717) is 6.04 Å². The van der Waals surface area contributed by atoms with E-state index in [2.05, 4.69) is 36.5 Å². The minimum Gasteiger partial charge on any atom is -0.395 e. The van der Waals surface area contributed by atoms with Gasteiger partial charge in [-0.25, -0.2) is 0 Å². The highest BCUT2D eigenvalue weighted by Crippen LogP contribution is 2.25. The molecule has 2 unspecified atom stereocenters. The molecule has 0 bridgehead atoms. The highest BCUT2D eigenvalue weighted by molar-refractivity contribution is 5.16. The molecular weight excluding hydrogens is 210 g/mol. The average Bonchev–Trinajstić information content (AvgIpc) is 2.75. The Labute approximate surface area is 104 Å². The van der Waals surface area contributed by atoms with E-state index in [1.54, 1.807) is 0 Å². The van der Waals surface area contributed by atoms with Crippen molar-refractivity contribution in [2.24, 2.45) is 5.92 Å². The summed E-state index contributed by atoms with van der Waals surface area (Å²) in [6, 6.07) is 11.2. The van der Waals surface area contributed by atoms with Crippen LogP contribution in [0.25, 0.3) is 0 Å². The van der Waals surface area contributed by atoms with Crippen LogP contribution >= 0.6 is 0 Å². The van der Waals surface area contributed by atoms with Crippen LogP contribution in [0.5, 0.6) is 0 Å². The summed E-state index contributed by atoms with van der Waals surface area (Å²) < 4.78 is 0. The zero-order valence-electron chi connectivity index (χ0n) is 10.6. The van der Waals surface area contributed by atoms with Gasteiger partial charge in [0.05, 0.1) is 6.61 Å². The van der Waals surface area contributed by atoms with Gasteiger partial charge in [-0.2, -0.15) is 0 Å². The van der Waals surface area contributed by atoms with Crippen LogP contribution in [-0.2, 0) is 6.42 Å². The van der Waals surface area contributed by atoms with Crippen molar-refractivity contribution >= 4 is 0 Å². The molecule has 1 aromatic carbocycles. The van der Waals surface area contributed by atoms with Gasteiger partial charge in [-0.05, 0) is 30.7 Å². The maximum atomic E-state index is 9.47. The van der Waals surface area contributed by atoms with Crippen LogP contribution in [0.4, 0.5) is 0 Å². The molecule has 1 aliphatic rings. The van der Waals surface area contributed by atoms with Gasteiger partial charge in [0, 0.05) is 12.1 Å². The molecule has 1 aromatic rings. The van der Waals surface area contributed by atoms with Crippen LogP contribution in [-0.4, -0.2) is 23.8 Å². The molecule has 2 heteroatoms. The van der Waals surface area contributed by atoms with E-state index in [1.165, 1.54) is 24.8 Å². The molecule has 0 aromatic heterocycles. The number of hydrogen-bond donors (Lipinski definition) is 2. The summed E-state index contributed by atoms with van der Waals surface area (Å²) in [6.45, 7) is 2.53. The molecule has 0 spiro atoms. The molecule has 1 fully saturated rings. The molecule has 0 amide bonds. The van der Waals surface area contributed by atoms with Crippen molar-refractivity contribution in [1.82, 2.24) is 5.32 Å². The molecule has 0 aliphatic heterocycles. The number of aliphatic hydroxyl groups is 1. The van der Waals surface area contributed by atoms with E-state index >= 15 is 0 Å². The van der Waals surface area contributed by atoms with Crippen molar-refractivity contribution in [1.29, 1.82) is 0 Å². The minimum absolute atomic E-state index is 0.197. The summed E-state index contributed by atoms with van der Waals surface area (Å²) in [4.78, 5) is 0. The van der Waals surface area contributed by atoms with E-state index < -0.39 is 0 Å². The van der Waals surface area contributed by atoms with Crippen molar-refractivity contribution in [2.75, 3.05) is 6.61 Å². The molecule has 0 saturated heterocycles. The fourth-order valence-corrected chi connectivity index (χ4v) is 2.77. The zero-order valence-corrected chi connectivity index (χ0v) is 10.6. The Morgan fingerprint density at radius 3 is 2.65 bits per heavy atom. The molecule has 2 N–H and O–H groups in total. The molecule has 17 heavy (non-hydrogen) atoms. The molecule has 1 saturated carbocycles. The number of benzene rings is 1. The Balaban J connectivity index is 1.88. The number of hydrogen-bond acceptors (Lipinski definition) is 2. The van der Waals surface area contributed by atoms with Gasteiger partial charge < -0.3 is 10.4 Å². The van der Waals surface area contributed by atoms with Crippen LogP contribution < -0.4 is 5.32 Å². The zero-order chi connectivity index (χ0) is 12.1. The number of nitrogens with one attached hydrogen (secondary N) is 1. The van der Waals surface area contributed by atoms with Crippen molar-refractivity contribution in [3.63, 3.8) is 0 Å². The third-order valence-corrected chi connectivity index (χ3v) is 3.86. The molecule has 1 aliphatic carbocycles. The molecule has 2 nitrogen and oxygen atoms in total. The van der Waals surface area contributed by atoms with Gasteiger partial charge in [-0.1, -0.05) is 43.7 Å². The van der Waals surface area contributed by atoms with Crippen molar-refractivity contribution in [2.45, 2.75) is 44.7 Å². The van der Waals surface area contributed by atoms with Crippen LogP contribution in [0.1, 0.15) is 31.7 Å². The minimum atomic E-state index is 0.197. The normalized spacial score (nSPS) is 26.0.